The molecule has 0 saturated carbocycles. The molecule has 0 spiro atoms. The summed E-state index contributed by atoms with van der Waals surface area (Å²) in [6.07, 6.45) is 0.889. The molecule has 1 atom stereocenters. The number of carbonyl (C=O) groups is 1. The van der Waals surface area contributed by atoms with Gasteiger partial charge in [-0.25, -0.2) is 4.39 Å². The van der Waals surface area contributed by atoms with E-state index in [4.69, 9.17) is 11.6 Å². The molecule has 0 heterocycles. The SMILES string of the molecule is CC[C@H]([NH2+]CC(=O)Nc1cc(Cl)ccc1F)c1ccc(Br)cc1. The van der Waals surface area contributed by atoms with Gasteiger partial charge < -0.3 is 10.6 Å². The molecule has 122 valence electrons. The lowest BCUT2D eigenvalue weighted by Gasteiger charge is -2.14. The molecule has 2 aromatic carbocycles. The van der Waals surface area contributed by atoms with Crippen molar-refractivity contribution in [3.63, 3.8) is 0 Å². The normalized spacial score (nSPS) is 12.0. The molecule has 0 aliphatic rings. The van der Waals surface area contributed by atoms with Crippen LogP contribution in [0.5, 0.6) is 0 Å². The highest BCUT2D eigenvalue weighted by molar-refractivity contribution is 9.10. The van der Waals surface area contributed by atoms with E-state index in [0.29, 0.717) is 5.02 Å². The molecule has 0 fully saturated rings. The maximum Gasteiger partial charge on any atom is 0.279 e. The van der Waals surface area contributed by atoms with Gasteiger partial charge in [-0.15, -0.1) is 0 Å². The zero-order valence-corrected chi connectivity index (χ0v) is 15.0. The van der Waals surface area contributed by atoms with E-state index in [-0.39, 0.29) is 24.2 Å². The number of carbonyl (C=O) groups excluding carboxylic acids is 1. The Morgan fingerprint density at radius 3 is 2.65 bits per heavy atom. The van der Waals surface area contributed by atoms with Crippen LogP contribution >= 0.6 is 27.5 Å². The summed E-state index contributed by atoms with van der Waals surface area (Å²) in [5, 5.41) is 4.88. The maximum atomic E-state index is 13.6. The molecule has 0 aliphatic carbocycles. The van der Waals surface area contributed by atoms with E-state index in [1.54, 1.807) is 0 Å². The lowest BCUT2D eigenvalue weighted by molar-refractivity contribution is -0.686. The van der Waals surface area contributed by atoms with E-state index in [9.17, 15) is 9.18 Å². The third kappa shape index (κ3) is 5.30. The summed E-state index contributed by atoms with van der Waals surface area (Å²) in [7, 11) is 0. The second-order valence-corrected chi connectivity index (χ2v) is 6.53. The second-order valence-electron chi connectivity index (χ2n) is 5.18. The lowest BCUT2D eigenvalue weighted by Crippen LogP contribution is -2.87. The number of rotatable bonds is 6. The Morgan fingerprint density at radius 1 is 1.30 bits per heavy atom. The van der Waals surface area contributed by atoms with Crippen LogP contribution in [-0.4, -0.2) is 12.5 Å². The molecule has 1 amide bonds. The summed E-state index contributed by atoms with van der Waals surface area (Å²) in [5.41, 5.74) is 1.25. The number of quaternary nitrogens is 1. The minimum Gasteiger partial charge on any atom is -0.332 e. The van der Waals surface area contributed by atoms with Crippen LogP contribution in [0.2, 0.25) is 5.02 Å². The maximum absolute atomic E-state index is 13.6. The topological polar surface area (TPSA) is 45.7 Å². The highest BCUT2D eigenvalue weighted by atomic mass is 79.9. The molecule has 2 rings (SSSR count). The van der Waals surface area contributed by atoms with Crippen LogP contribution in [0.25, 0.3) is 0 Å². The molecule has 3 N–H and O–H groups in total. The number of amides is 1. The summed E-state index contributed by atoms with van der Waals surface area (Å²) >= 11 is 9.22. The van der Waals surface area contributed by atoms with Crippen molar-refractivity contribution >= 4 is 39.1 Å². The van der Waals surface area contributed by atoms with E-state index < -0.39 is 5.82 Å². The minimum absolute atomic E-state index is 0.104. The molecule has 0 aromatic heterocycles. The van der Waals surface area contributed by atoms with Crippen LogP contribution in [0.4, 0.5) is 10.1 Å². The van der Waals surface area contributed by atoms with Gasteiger partial charge in [-0.3, -0.25) is 4.79 Å². The lowest BCUT2D eigenvalue weighted by atomic mass is 10.0. The third-order valence-electron chi connectivity index (χ3n) is 3.53. The minimum atomic E-state index is -0.497. The predicted molar refractivity (Wildman–Crippen MR) is 94.0 cm³/mol. The molecule has 6 heteroatoms. The average molecular weight is 401 g/mol. The van der Waals surface area contributed by atoms with Gasteiger partial charge in [0.2, 0.25) is 0 Å². The second kappa shape index (κ2) is 8.43. The molecule has 23 heavy (non-hydrogen) atoms. The first-order valence-electron chi connectivity index (χ1n) is 7.33. The number of hydrogen-bond donors (Lipinski definition) is 2. The fourth-order valence-corrected chi connectivity index (χ4v) is 2.73. The van der Waals surface area contributed by atoms with Gasteiger partial charge in [0.05, 0.1) is 5.69 Å². The molecule has 0 aliphatic heterocycles. The molecular formula is C17H18BrClFN2O+. The van der Waals surface area contributed by atoms with Gasteiger partial charge in [0.25, 0.3) is 5.91 Å². The fourth-order valence-electron chi connectivity index (χ4n) is 2.29. The first-order chi connectivity index (χ1) is 11.0. The summed E-state index contributed by atoms with van der Waals surface area (Å²) in [4.78, 5) is 12.0. The number of anilines is 1. The van der Waals surface area contributed by atoms with Gasteiger partial charge in [-0.1, -0.05) is 46.6 Å². The average Bonchev–Trinajstić information content (AvgIpc) is 2.53. The summed E-state index contributed by atoms with van der Waals surface area (Å²) in [6.45, 7) is 2.28. The predicted octanol–water partition coefficient (Wildman–Crippen LogP) is 3.89. The fraction of sp³-hybridized carbons (Fsp3) is 0.235. The third-order valence-corrected chi connectivity index (χ3v) is 4.29. The van der Waals surface area contributed by atoms with Crippen molar-refractivity contribution in [2.75, 3.05) is 11.9 Å². The smallest absolute Gasteiger partial charge is 0.279 e. The molecule has 0 unspecified atom stereocenters. The molecule has 0 bridgehead atoms. The highest BCUT2D eigenvalue weighted by Crippen LogP contribution is 2.19. The van der Waals surface area contributed by atoms with Gasteiger partial charge in [-0.2, -0.15) is 0 Å². The zero-order chi connectivity index (χ0) is 16.8. The summed E-state index contributed by atoms with van der Waals surface area (Å²) in [5.74, 6) is -0.760. The Morgan fingerprint density at radius 2 is 2.00 bits per heavy atom. The zero-order valence-electron chi connectivity index (χ0n) is 12.7. The van der Waals surface area contributed by atoms with Gasteiger partial charge in [0.15, 0.2) is 6.54 Å². The van der Waals surface area contributed by atoms with Crippen molar-refractivity contribution in [1.82, 2.24) is 0 Å². The van der Waals surface area contributed by atoms with Crippen LogP contribution < -0.4 is 10.6 Å². The number of halogens is 3. The number of nitrogens with two attached hydrogens (primary N) is 1. The van der Waals surface area contributed by atoms with E-state index >= 15 is 0 Å². The monoisotopic (exact) mass is 399 g/mol. The standard InChI is InChI=1S/C17H17BrClFN2O/c1-2-15(11-3-5-12(18)6-4-11)21-10-17(23)22-16-9-13(19)7-8-14(16)20/h3-9,15,21H,2,10H2,1H3,(H,22,23)/p+1/t15-/m0/s1. The molecule has 2 aromatic rings. The number of benzene rings is 2. The van der Waals surface area contributed by atoms with E-state index in [1.165, 1.54) is 18.2 Å². The van der Waals surface area contributed by atoms with Crippen LogP contribution in [0.1, 0.15) is 24.9 Å². The van der Waals surface area contributed by atoms with Gasteiger partial charge in [0.1, 0.15) is 11.9 Å². The molecular weight excluding hydrogens is 383 g/mol. The quantitative estimate of drug-likeness (QED) is 0.759. The Balaban J connectivity index is 1.94. The van der Waals surface area contributed by atoms with E-state index in [2.05, 4.69) is 28.2 Å². The summed E-state index contributed by atoms with van der Waals surface area (Å²) in [6, 6.07) is 12.3. The first kappa shape index (κ1) is 17.9. The number of hydrogen-bond acceptors (Lipinski definition) is 1. The molecule has 0 saturated heterocycles. The van der Waals surface area contributed by atoms with Crippen molar-refractivity contribution in [1.29, 1.82) is 0 Å². The molecule has 3 nitrogen and oxygen atoms in total. The first-order valence-corrected chi connectivity index (χ1v) is 8.50. The highest BCUT2D eigenvalue weighted by Gasteiger charge is 2.15. The van der Waals surface area contributed by atoms with Crippen molar-refractivity contribution in [3.05, 3.63) is 63.3 Å². The Bertz CT molecular complexity index is 679. The van der Waals surface area contributed by atoms with Crippen LogP contribution in [0.15, 0.2) is 46.9 Å². The summed E-state index contributed by atoms with van der Waals surface area (Å²) < 4.78 is 14.6. The van der Waals surface area contributed by atoms with Crippen molar-refractivity contribution in [2.45, 2.75) is 19.4 Å². The Labute approximate surface area is 148 Å². The van der Waals surface area contributed by atoms with Crippen molar-refractivity contribution < 1.29 is 14.5 Å². The van der Waals surface area contributed by atoms with Gasteiger partial charge in [-0.05, 0) is 30.3 Å². The van der Waals surface area contributed by atoms with Gasteiger partial charge in [0, 0.05) is 21.5 Å². The van der Waals surface area contributed by atoms with E-state index in [0.717, 1.165) is 16.5 Å². The Hall–Kier alpha value is -1.43. The number of nitrogens with one attached hydrogen (secondary N) is 1. The molecule has 0 radical (unpaired) electrons. The van der Waals surface area contributed by atoms with Gasteiger partial charge >= 0.3 is 0 Å². The largest absolute Gasteiger partial charge is 0.332 e. The van der Waals surface area contributed by atoms with Crippen LogP contribution in [0, 0.1) is 5.82 Å². The van der Waals surface area contributed by atoms with Crippen molar-refractivity contribution in [3.8, 4) is 0 Å². The Kier molecular flexibility index (Phi) is 6.57. The van der Waals surface area contributed by atoms with Crippen LogP contribution in [-0.2, 0) is 4.79 Å². The van der Waals surface area contributed by atoms with E-state index in [1.807, 2.05) is 29.6 Å². The van der Waals surface area contributed by atoms with Crippen LogP contribution in [0.3, 0.4) is 0 Å². The van der Waals surface area contributed by atoms with Crippen molar-refractivity contribution in [2.24, 2.45) is 0 Å².